The van der Waals surface area contributed by atoms with Gasteiger partial charge in [-0.3, -0.25) is 4.79 Å². The number of aryl methyl sites for hydroxylation is 2. The van der Waals surface area contributed by atoms with Crippen molar-refractivity contribution in [1.29, 1.82) is 0 Å². The molecule has 0 aliphatic rings. The number of carbonyl (C=O) groups excluding carboxylic acids is 1. The van der Waals surface area contributed by atoms with Crippen molar-refractivity contribution in [3.05, 3.63) is 76.2 Å². The molecule has 0 saturated carbocycles. The first-order valence-electron chi connectivity index (χ1n) is 9.81. The third-order valence-corrected chi connectivity index (χ3v) is 5.65. The van der Waals surface area contributed by atoms with Gasteiger partial charge in [0.25, 0.3) is 5.91 Å². The maximum Gasteiger partial charge on any atom is 0.292 e. The van der Waals surface area contributed by atoms with Crippen molar-refractivity contribution in [2.75, 3.05) is 5.32 Å². The van der Waals surface area contributed by atoms with Crippen LogP contribution in [0.15, 0.2) is 58.0 Å². The molecule has 0 atom stereocenters. The Labute approximate surface area is 191 Å². The van der Waals surface area contributed by atoms with Gasteiger partial charge in [-0.15, -0.1) is 0 Å². The van der Waals surface area contributed by atoms with Crippen molar-refractivity contribution < 1.29 is 9.21 Å². The van der Waals surface area contributed by atoms with Gasteiger partial charge in [-0.05, 0) is 66.0 Å². The fraction of sp³-hybridized carbons (Fsp3) is 0.136. The summed E-state index contributed by atoms with van der Waals surface area (Å²) in [6.07, 6.45) is 3.17. The number of fused-ring (bicyclic) bond motifs is 1. The van der Waals surface area contributed by atoms with Crippen molar-refractivity contribution in [3.63, 3.8) is 0 Å². The highest BCUT2D eigenvalue weighted by molar-refractivity contribution is 9.10. The highest BCUT2D eigenvalue weighted by Gasteiger charge is 2.19. The number of aromatic nitrogens is 6. The van der Waals surface area contributed by atoms with Crippen LogP contribution >= 0.6 is 15.9 Å². The number of rotatable bonds is 4. The van der Waals surface area contributed by atoms with Gasteiger partial charge in [-0.2, -0.15) is 14.9 Å². The molecule has 0 saturated heterocycles. The smallest absolute Gasteiger partial charge is 0.292 e. The highest BCUT2D eigenvalue weighted by Crippen LogP contribution is 2.26. The molecule has 0 radical (unpaired) electrons. The number of nitrogens with zero attached hydrogens (tertiary/aromatic N) is 6. The first-order valence-corrected chi connectivity index (χ1v) is 10.6. The molecule has 0 aliphatic heterocycles. The highest BCUT2D eigenvalue weighted by atomic mass is 79.9. The number of anilines is 1. The van der Waals surface area contributed by atoms with E-state index in [1.165, 1.54) is 6.33 Å². The molecule has 4 heterocycles. The summed E-state index contributed by atoms with van der Waals surface area (Å²) in [4.78, 5) is 21.5. The summed E-state index contributed by atoms with van der Waals surface area (Å²) in [6.45, 7) is 5.95. The van der Waals surface area contributed by atoms with Gasteiger partial charge in [0.05, 0.1) is 23.0 Å². The van der Waals surface area contributed by atoms with Crippen LogP contribution in [0.3, 0.4) is 0 Å². The van der Waals surface area contributed by atoms with E-state index in [0.717, 1.165) is 22.5 Å². The van der Waals surface area contributed by atoms with Gasteiger partial charge < -0.3 is 9.73 Å². The number of hydrogen-bond donors (Lipinski definition) is 1. The van der Waals surface area contributed by atoms with Crippen molar-refractivity contribution in [2.45, 2.75) is 20.8 Å². The molecule has 160 valence electrons. The van der Waals surface area contributed by atoms with E-state index in [1.807, 2.05) is 19.1 Å². The van der Waals surface area contributed by atoms with Gasteiger partial charge in [0.15, 0.2) is 21.9 Å². The molecule has 1 aromatic carbocycles. The lowest BCUT2D eigenvalue weighted by atomic mass is 10.1. The van der Waals surface area contributed by atoms with E-state index in [2.05, 4.69) is 61.3 Å². The summed E-state index contributed by atoms with van der Waals surface area (Å²) >= 11 is 3.21. The maximum atomic E-state index is 12.6. The lowest BCUT2D eigenvalue weighted by molar-refractivity contribution is 0.0994. The molecule has 9 nitrogen and oxygen atoms in total. The molecule has 0 spiro atoms. The monoisotopic (exact) mass is 491 g/mol. The van der Waals surface area contributed by atoms with Crippen molar-refractivity contribution in [1.82, 2.24) is 29.5 Å². The Bertz CT molecular complexity index is 1480. The molecule has 0 unspecified atom stereocenters. The molecular weight excluding hydrogens is 474 g/mol. The third-order valence-electron chi connectivity index (χ3n) is 5.22. The van der Waals surface area contributed by atoms with Crippen LogP contribution < -0.4 is 5.32 Å². The number of nitrogens with one attached hydrogen (secondary N) is 1. The van der Waals surface area contributed by atoms with E-state index < -0.39 is 5.91 Å². The average Bonchev–Trinajstić information content (AvgIpc) is 3.48. The van der Waals surface area contributed by atoms with Gasteiger partial charge in [0.1, 0.15) is 12.1 Å². The summed E-state index contributed by atoms with van der Waals surface area (Å²) in [6, 6.07) is 11.1. The van der Waals surface area contributed by atoms with Gasteiger partial charge in [-0.25, -0.2) is 14.6 Å². The fourth-order valence-corrected chi connectivity index (χ4v) is 3.81. The van der Waals surface area contributed by atoms with E-state index in [-0.39, 0.29) is 5.76 Å². The minimum absolute atomic E-state index is 0.179. The number of hydrogen-bond acceptors (Lipinski definition) is 6. The van der Waals surface area contributed by atoms with E-state index in [0.29, 0.717) is 27.3 Å². The topological polar surface area (TPSA) is 104 Å². The predicted octanol–water partition coefficient (Wildman–Crippen LogP) is 4.53. The number of amides is 1. The van der Waals surface area contributed by atoms with Crippen LogP contribution in [0.25, 0.3) is 22.5 Å². The van der Waals surface area contributed by atoms with Crippen molar-refractivity contribution in [3.8, 4) is 11.5 Å². The SMILES string of the molecule is Cc1cc(NC(=O)c2ccc(Br)o2)n(-c2ncnc3c2cnn3-c2cccc(C)c2C)n1. The van der Waals surface area contributed by atoms with Crippen molar-refractivity contribution in [2.24, 2.45) is 0 Å². The van der Waals surface area contributed by atoms with Crippen LogP contribution in [0.2, 0.25) is 0 Å². The molecule has 1 amide bonds. The molecule has 5 aromatic rings. The lowest BCUT2D eigenvalue weighted by Crippen LogP contribution is -2.15. The van der Waals surface area contributed by atoms with E-state index in [1.54, 1.807) is 33.8 Å². The Kier molecular flexibility index (Phi) is 4.86. The molecule has 0 fully saturated rings. The Morgan fingerprint density at radius 3 is 2.72 bits per heavy atom. The van der Waals surface area contributed by atoms with Crippen LogP contribution in [-0.4, -0.2) is 35.4 Å². The predicted molar refractivity (Wildman–Crippen MR) is 122 cm³/mol. The second-order valence-electron chi connectivity index (χ2n) is 7.35. The Balaban J connectivity index is 1.60. The minimum atomic E-state index is -0.395. The lowest BCUT2D eigenvalue weighted by Gasteiger charge is -2.10. The Morgan fingerprint density at radius 1 is 1.09 bits per heavy atom. The molecule has 10 heteroatoms. The molecule has 5 rings (SSSR count). The molecule has 4 aromatic heterocycles. The zero-order valence-corrected chi connectivity index (χ0v) is 19.1. The van der Waals surface area contributed by atoms with Gasteiger partial charge in [0, 0.05) is 6.07 Å². The van der Waals surface area contributed by atoms with E-state index >= 15 is 0 Å². The number of carbonyl (C=O) groups is 1. The van der Waals surface area contributed by atoms with E-state index in [4.69, 9.17) is 4.42 Å². The van der Waals surface area contributed by atoms with Crippen LogP contribution in [0.1, 0.15) is 27.4 Å². The minimum Gasteiger partial charge on any atom is -0.444 e. The van der Waals surface area contributed by atoms with Crippen LogP contribution in [0.4, 0.5) is 5.82 Å². The van der Waals surface area contributed by atoms with Crippen LogP contribution in [0.5, 0.6) is 0 Å². The Hall–Kier alpha value is -3.79. The first kappa shape index (κ1) is 20.1. The average molecular weight is 492 g/mol. The quantitative estimate of drug-likeness (QED) is 0.395. The standard InChI is InChI=1S/C22H18BrN7O2/c1-12-5-4-6-16(14(12)3)29-20-15(10-26-29)21(25-11-24-20)30-19(9-13(2)28-30)27-22(31)17-7-8-18(23)32-17/h4-11H,1-3H3,(H,27,31). The fourth-order valence-electron chi connectivity index (χ4n) is 3.51. The van der Waals surface area contributed by atoms with Gasteiger partial charge >= 0.3 is 0 Å². The van der Waals surface area contributed by atoms with Crippen molar-refractivity contribution >= 4 is 38.7 Å². The number of halogens is 1. The largest absolute Gasteiger partial charge is 0.444 e. The van der Waals surface area contributed by atoms with Gasteiger partial charge in [-0.1, -0.05) is 12.1 Å². The van der Waals surface area contributed by atoms with Crippen LogP contribution in [-0.2, 0) is 0 Å². The molecule has 32 heavy (non-hydrogen) atoms. The molecule has 0 bridgehead atoms. The molecule has 1 N–H and O–H groups in total. The first-order chi connectivity index (χ1) is 15.4. The Morgan fingerprint density at radius 2 is 1.94 bits per heavy atom. The molecular formula is C22H18BrN7O2. The summed E-state index contributed by atoms with van der Waals surface area (Å²) in [7, 11) is 0. The zero-order valence-electron chi connectivity index (χ0n) is 17.5. The summed E-state index contributed by atoms with van der Waals surface area (Å²) in [5, 5.41) is 12.6. The summed E-state index contributed by atoms with van der Waals surface area (Å²) in [5.74, 6) is 0.751. The molecule has 0 aliphatic carbocycles. The third kappa shape index (κ3) is 3.38. The maximum absolute atomic E-state index is 12.6. The van der Waals surface area contributed by atoms with Gasteiger partial charge in [0.2, 0.25) is 0 Å². The number of benzene rings is 1. The normalized spacial score (nSPS) is 11.2. The summed E-state index contributed by atoms with van der Waals surface area (Å²) in [5.41, 5.74) is 4.58. The zero-order chi connectivity index (χ0) is 22.4. The summed E-state index contributed by atoms with van der Waals surface area (Å²) < 4.78 is 9.19. The van der Waals surface area contributed by atoms with E-state index in [9.17, 15) is 4.79 Å². The number of furan rings is 1. The van der Waals surface area contributed by atoms with Crippen LogP contribution in [0, 0.1) is 20.8 Å². The second-order valence-corrected chi connectivity index (χ2v) is 8.13. The second kappa shape index (κ2) is 7.72.